The molecule has 0 aliphatic carbocycles. The second-order valence-corrected chi connectivity index (χ2v) is 14.6. The van der Waals surface area contributed by atoms with Gasteiger partial charge >= 0.3 is 0 Å². The zero-order chi connectivity index (χ0) is 37.1. The normalized spacial score (nSPS) is 24.3. The van der Waals surface area contributed by atoms with Crippen LogP contribution in [0.15, 0.2) is 78.9 Å². The number of hydrogen-bond donors (Lipinski definition) is 6. The molecule has 0 unspecified atom stereocenters. The molecule has 5 atom stereocenters. The van der Waals surface area contributed by atoms with Crippen molar-refractivity contribution in [3.63, 3.8) is 0 Å². The number of amides is 4. The molecule has 6 N–H and O–H groups in total. The molecule has 0 saturated carbocycles. The number of hydrogen-bond acceptors (Lipinski definition) is 8. The van der Waals surface area contributed by atoms with Gasteiger partial charge in [-0.05, 0) is 92.2 Å². The number of fused-ring (bicyclic) bond motifs is 2. The highest BCUT2D eigenvalue weighted by atomic mass is 16.3. The minimum Gasteiger partial charge on any atom is -0.394 e. The lowest BCUT2D eigenvalue weighted by atomic mass is 9.82. The highest BCUT2D eigenvalue weighted by Crippen LogP contribution is 2.47. The van der Waals surface area contributed by atoms with Crippen LogP contribution in [0.4, 0.5) is 17.1 Å². The van der Waals surface area contributed by atoms with E-state index in [-0.39, 0.29) is 55.4 Å². The molecule has 0 bridgehead atoms. The van der Waals surface area contributed by atoms with E-state index in [4.69, 9.17) is 0 Å². The van der Waals surface area contributed by atoms with Crippen molar-refractivity contribution in [3.05, 3.63) is 101 Å². The van der Waals surface area contributed by atoms with Gasteiger partial charge in [0.25, 0.3) is 5.91 Å². The number of carbonyl (C=O) groups is 4. The lowest BCUT2D eigenvalue weighted by molar-refractivity contribution is -0.139. The number of carbonyl (C=O) groups excluding carboxylic acids is 4. The summed E-state index contributed by atoms with van der Waals surface area (Å²) in [6.45, 7) is 3.70. The highest BCUT2D eigenvalue weighted by molar-refractivity contribution is 6.08. The maximum atomic E-state index is 14.4. The molecule has 0 radical (unpaired) electrons. The molecule has 3 aromatic rings. The Labute approximate surface area is 309 Å². The monoisotopic (exact) mass is 720 g/mol. The van der Waals surface area contributed by atoms with E-state index in [1.807, 2.05) is 42.5 Å². The first-order chi connectivity index (χ1) is 25.6. The zero-order valence-corrected chi connectivity index (χ0v) is 30.0. The minimum atomic E-state index is -2.00. The van der Waals surface area contributed by atoms with Gasteiger partial charge in [-0.2, -0.15) is 0 Å². The van der Waals surface area contributed by atoms with Gasteiger partial charge in [-0.25, -0.2) is 0 Å². The van der Waals surface area contributed by atoms with Crippen LogP contribution in [0.25, 0.3) is 0 Å². The van der Waals surface area contributed by atoms with Gasteiger partial charge in [-0.3, -0.25) is 19.2 Å². The van der Waals surface area contributed by atoms with Crippen LogP contribution in [0, 0.1) is 5.92 Å². The van der Waals surface area contributed by atoms with E-state index in [9.17, 15) is 29.4 Å². The topological polar surface area (TPSA) is 163 Å². The fraction of sp³-hybridized carbons (Fsp3) is 0.415. The molecule has 2 fully saturated rings. The summed E-state index contributed by atoms with van der Waals surface area (Å²) in [5.74, 6) is -1.72. The second-order valence-electron chi connectivity index (χ2n) is 14.6. The van der Waals surface area contributed by atoms with Crippen LogP contribution in [-0.4, -0.2) is 76.6 Å². The molecule has 278 valence electrons. The number of anilines is 3. The van der Waals surface area contributed by atoms with Crippen LogP contribution in [0.3, 0.4) is 0 Å². The Bertz CT molecular complexity index is 1900. The standard InChI is InChI=1S/C41H48N6O6/c1-26(8-4-15-37(49)46-24-29-11-3-2-10-28(29)21-32(46)25-48)41(53)33-22-31(45-39(51)35-14-7-19-43-35)16-17-36(33)47(40(41)52)23-27-9-5-12-30(20-27)44-38(50)34-13-6-18-42-34/h2-5,8-12,16-17,20,22,26,32,34-35,42-43,48,53H,6-7,13-15,18-19,21,23-25H2,1H3,(H,44,50)(H,45,51)/b8-4+/t26-,32+,34-,35-,41+/m1/s1. The Kier molecular flexibility index (Phi) is 10.7. The highest BCUT2D eigenvalue weighted by Gasteiger charge is 2.52. The smallest absolute Gasteiger partial charge is 0.264 e. The number of aliphatic hydroxyl groups excluding tert-OH is 1. The van der Waals surface area contributed by atoms with Crippen LogP contribution in [0.1, 0.15) is 61.3 Å². The predicted molar refractivity (Wildman–Crippen MR) is 202 cm³/mol. The molecule has 3 aromatic carbocycles. The fourth-order valence-corrected chi connectivity index (χ4v) is 8.06. The van der Waals surface area contributed by atoms with E-state index in [0.717, 1.165) is 55.5 Å². The summed E-state index contributed by atoms with van der Waals surface area (Å²) >= 11 is 0. The lowest BCUT2D eigenvalue weighted by Gasteiger charge is -2.36. The maximum absolute atomic E-state index is 14.4. The lowest BCUT2D eigenvalue weighted by Crippen LogP contribution is -2.46. The van der Waals surface area contributed by atoms with Gasteiger partial charge in [0.2, 0.25) is 17.7 Å². The maximum Gasteiger partial charge on any atom is 0.264 e. The van der Waals surface area contributed by atoms with Crippen LogP contribution in [-0.2, 0) is 44.3 Å². The van der Waals surface area contributed by atoms with E-state index in [1.165, 1.54) is 4.90 Å². The third-order valence-corrected chi connectivity index (χ3v) is 11.1. The van der Waals surface area contributed by atoms with E-state index < -0.39 is 17.4 Å². The molecule has 7 rings (SSSR count). The minimum absolute atomic E-state index is 0.0310. The van der Waals surface area contributed by atoms with Gasteiger partial charge in [0.15, 0.2) is 5.60 Å². The van der Waals surface area contributed by atoms with Crippen molar-refractivity contribution in [1.82, 2.24) is 15.5 Å². The van der Waals surface area contributed by atoms with Gasteiger partial charge < -0.3 is 41.3 Å². The average Bonchev–Trinajstić information content (AvgIpc) is 3.95. The molecule has 53 heavy (non-hydrogen) atoms. The van der Waals surface area contributed by atoms with Gasteiger partial charge in [0, 0.05) is 35.8 Å². The van der Waals surface area contributed by atoms with E-state index >= 15 is 0 Å². The Hall–Kier alpha value is -4.88. The Balaban J connectivity index is 1.12. The van der Waals surface area contributed by atoms with E-state index in [2.05, 4.69) is 21.3 Å². The first-order valence-electron chi connectivity index (χ1n) is 18.7. The molecule has 4 heterocycles. The molecule has 0 spiro atoms. The van der Waals surface area contributed by atoms with Crippen molar-refractivity contribution in [2.75, 3.05) is 35.2 Å². The van der Waals surface area contributed by atoms with Crippen molar-refractivity contribution in [3.8, 4) is 0 Å². The van der Waals surface area contributed by atoms with Crippen LogP contribution >= 0.6 is 0 Å². The molecule has 0 aromatic heterocycles. The predicted octanol–water partition coefficient (Wildman–Crippen LogP) is 3.33. The number of rotatable bonds is 11. The van der Waals surface area contributed by atoms with Gasteiger partial charge in [0.05, 0.1) is 37.0 Å². The molecular formula is C41H48N6O6. The van der Waals surface area contributed by atoms with Gasteiger partial charge in [-0.1, -0.05) is 55.5 Å². The van der Waals surface area contributed by atoms with E-state index in [0.29, 0.717) is 35.6 Å². The molecule has 12 nitrogen and oxygen atoms in total. The first kappa shape index (κ1) is 36.5. The van der Waals surface area contributed by atoms with E-state index in [1.54, 1.807) is 48.2 Å². The van der Waals surface area contributed by atoms with Crippen LogP contribution in [0.2, 0.25) is 0 Å². The first-order valence-corrected chi connectivity index (χ1v) is 18.7. The molecule has 4 aliphatic heterocycles. The summed E-state index contributed by atoms with van der Waals surface area (Å²) in [7, 11) is 0. The largest absolute Gasteiger partial charge is 0.394 e. The summed E-state index contributed by atoms with van der Waals surface area (Å²) in [6.07, 6.45) is 7.33. The molecule has 12 heteroatoms. The number of aliphatic hydroxyl groups is 2. The fourth-order valence-electron chi connectivity index (χ4n) is 8.06. The average molecular weight is 721 g/mol. The summed E-state index contributed by atoms with van der Waals surface area (Å²) in [6, 6.07) is 19.5. The molecule has 4 aliphatic rings. The Morgan fingerprint density at radius 3 is 2.26 bits per heavy atom. The number of nitrogens with one attached hydrogen (secondary N) is 4. The van der Waals surface area contributed by atoms with Crippen molar-refractivity contribution in [2.24, 2.45) is 5.92 Å². The van der Waals surface area contributed by atoms with Crippen molar-refractivity contribution in [2.45, 2.75) is 82.3 Å². The number of nitrogens with zero attached hydrogens (tertiary/aromatic N) is 2. The Morgan fingerprint density at radius 2 is 1.60 bits per heavy atom. The van der Waals surface area contributed by atoms with Crippen molar-refractivity contribution < 1.29 is 29.4 Å². The van der Waals surface area contributed by atoms with Crippen molar-refractivity contribution >= 4 is 40.7 Å². The quantitative estimate of drug-likeness (QED) is 0.165. The number of benzene rings is 3. The second kappa shape index (κ2) is 15.6. The van der Waals surface area contributed by atoms with Crippen molar-refractivity contribution in [1.29, 1.82) is 0 Å². The molecule has 4 amide bonds. The summed E-state index contributed by atoms with van der Waals surface area (Å²) < 4.78 is 0. The summed E-state index contributed by atoms with van der Waals surface area (Å²) in [5.41, 5.74) is 2.87. The summed E-state index contributed by atoms with van der Waals surface area (Å²) in [5, 5.41) is 34.8. The van der Waals surface area contributed by atoms with Gasteiger partial charge in [0.1, 0.15) is 0 Å². The third kappa shape index (κ3) is 7.50. The zero-order valence-electron chi connectivity index (χ0n) is 30.0. The third-order valence-electron chi connectivity index (χ3n) is 11.1. The van der Waals surface area contributed by atoms with Gasteiger partial charge in [-0.15, -0.1) is 0 Å². The van der Waals surface area contributed by atoms with Crippen LogP contribution < -0.4 is 26.2 Å². The molecular weight excluding hydrogens is 672 g/mol. The SMILES string of the molecule is C[C@H](/C=C/CC(=O)N1Cc2ccccc2C[C@H]1CO)[C@@]1(O)C(=O)N(Cc2cccc(NC(=O)[C@H]3CCCN3)c2)c2ccc(NC(=O)[C@H]3CCCN3)cc21. The summed E-state index contributed by atoms with van der Waals surface area (Å²) in [4.78, 5) is 56.9. The van der Waals surface area contributed by atoms with Crippen LogP contribution in [0.5, 0.6) is 0 Å². The molecule has 2 saturated heterocycles. The Morgan fingerprint density at radius 1 is 0.925 bits per heavy atom.